The molecule has 1 fully saturated rings. The second-order valence-electron chi connectivity index (χ2n) is 5.34. The third-order valence-electron chi connectivity index (χ3n) is 3.67. The summed E-state index contributed by atoms with van der Waals surface area (Å²) in [4.78, 5) is 12.0. The van der Waals surface area contributed by atoms with Crippen LogP contribution in [0.2, 0.25) is 0 Å². The van der Waals surface area contributed by atoms with E-state index in [0.29, 0.717) is 6.54 Å². The largest absolute Gasteiger partial charge is 0.496 e. The molecular formula is C16H24N2O2. The maximum atomic E-state index is 12.0. The smallest absolute Gasteiger partial charge is 0.234 e. The minimum Gasteiger partial charge on any atom is -0.496 e. The number of rotatable bonds is 8. The molecule has 110 valence electrons. The summed E-state index contributed by atoms with van der Waals surface area (Å²) < 4.78 is 5.36. The van der Waals surface area contributed by atoms with E-state index in [1.165, 1.54) is 12.8 Å². The van der Waals surface area contributed by atoms with Crippen LogP contribution in [-0.2, 0) is 4.79 Å². The molecule has 2 rings (SSSR count). The molecule has 20 heavy (non-hydrogen) atoms. The van der Waals surface area contributed by atoms with E-state index in [2.05, 4.69) is 17.6 Å². The van der Waals surface area contributed by atoms with Crippen molar-refractivity contribution in [2.24, 2.45) is 5.92 Å². The Morgan fingerprint density at radius 2 is 2.15 bits per heavy atom. The van der Waals surface area contributed by atoms with Crippen molar-refractivity contribution in [3.63, 3.8) is 0 Å². The van der Waals surface area contributed by atoms with Crippen LogP contribution in [0, 0.1) is 5.92 Å². The van der Waals surface area contributed by atoms with Gasteiger partial charge in [0.1, 0.15) is 5.75 Å². The zero-order chi connectivity index (χ0) is 14.4. The first-order valence-corrected chi connectivity index (χ1v) is 7.37. The highest BCUT2D eigenvalue weighted by molar-refractivity contribution is 5.78. The van der Waals surface area contributed by atoms with Crippen LogP contribution in [0.4, 0.5) is 0 Å². The fraction of sp³-hybridized carbons (Fsp3) is 0.562. The van der Waals surface area contributed by atoms with Crippen LogP contribution in [0.15, 0.2) is 24.3 Å². The predicted octanol–water partition coefficient (Wildman–Crippen LogP) is 2.26. The number of hydrogen-bond donors (Lipinski definition) is 2. The maximum absolute atomic E-state index is 12.0. The standard InChI is InChI=1S/C16H24N2O2/c1-3-14(13-6-4-5-7-15(13)20-2)18-16(19)11-17-10-12-8-9-12/h4-7,12,14,17H,3,8-11H2,1-2H3,(H,18,19). The summed E-state index contributed by atoms with van der Waals surface area (Å²) in [6.07, 6.45) is 3.44. The fourth-order valence-electron chi connectivity index (χ4n) is 2.31. The number of ether oxygens (including phenoxy) is 1. The van der Waals surface area contributed by atoms with Gasteiger partial charge in [0.15, 0.2) is 0 Å². The molecule has 1 aliphatic carbocycles. The molecule has 0 aliphatic heterocycles. The molecule has 1 aromatic carbocycles. The van der Waals surface area contributed by atoms with E-state index in [1.807, 2.05) is 24.3 Å². The summed E-state index contributed by atoms with van der Waals surface area (Å²) in [6, 6.07) is 7.84. The number of benzene rings is 1. The lowest BCUT2D eigenvalue weighted by Gasteiger charge is -2.20. The third-order valence-corrected chi connectivity index (χ3v) is 3.67. The summed E-state index contributed by atoms with van der Waals surface area (Å²) in [5, 5.41) is 6.28. The van der Waals surface area contributed by atoms with Crippen LogP contribution < -0.4 is 15.4 Å². The van der Waals surface area contributed by atoms with Gasteiger partial charge in [-0.25, -0.2) is 0 Å². The van der Waals surface area contributed by atoms with Crippen molar-refractivity contribution in [1.29, 1.82) is 0 Å². The van der Waals surface area contributed by atoms with Crippen molar-refractivity contribution < 1.29 is 9.53 Å². The molecule has 2 N–H and O–H groups in total. The number of methoxy groups -OCH3 is 1. The third kappa shape index (κ3) is 4.23. The monoisotopic (exact) mass is 276 g/mol. The molecule has 1 atom stereocenters. The zero-order valence-electron chi connectivity index (χ0n) is 12.3. The van der Waals surface area contributed by atoms with Crippen LogP contribution in [0.5, 0.6) is 5.75 Å². The van der Waals surface area contributed by atoms with Gasteiger partial charge in [0.05, 0.1) is 19.7 Å². The SMILES string of the molecule is CCC(NC(=O)CNCC1CC1)c1ccccc1OC. The Morgan fingerprint density at radius 1 is 1.40 bits per heavy atom. The van der Waals surface area contributed by atoms with Crippen molar-refractivity contribution in [1.82, 2.24) is 10.6 Å². The van der Waals surface area contributed by atoms with Gasteiger partial charge < -0.3 is 15.4 Å². The topological polar surface area (TPSA) is 50.4 Å². The maximum Gasteiger partial charge on any atom is 0.234 e. The quantitative estimate of drug-likeness (QED) is 0.766. The molecule has 4 heteroatoms. The Labute approximate surface area is 120 Å². The average Bonchev–Trinajstić information content (AvgIpc) is 3.29. The van der Waals surface area contributed by atoms with Crippen LogP contribution >= 0.6 is 0 Å². The first-order chi connectivity index (χ1) is 9.74. The first-order valence-electron chi connectivity index (χ1n) is 7.37. The Bertz CT molecular complexity index is 444. The van der Waals surface area contributed by atoms with Gasteiger partial charge >= 0.3 is 0 Å². The average molecular weight is 276 g/mol. The van der Waals surface area contributed by atoms with Gasteiger partial charge in [-0.2, -0.15) is 0 Å². The fourth-order valence-corrected chi connectivity index (χ4v) is 2.31. The van der Waals surface area contributed by atoms with E-state index in [-0.39, 0.29) is 11.9 Å². The van der Waals surface area contributed by atoms with E-state index in [4.69, 9.17) is 4.74 Å². The van der Waals surface area contributed by atoms with Crippen LogP contribution in [-0.4, -0.2) is 26.1 Å². The van der Waals surface area contributed by atoms with Gasteiger partial charge in [0.25, 0.3) is 0 Å². The summed E-state index contributed by atoms with van der Waals surface area (Å²) in [7, 11) is 1.66. The van der Waals surface area contributed by atoms with Gasteiger partial charge in [-0.3, -0.25) is 4.79 Å². The number of nitrogens with one attached hydrogen (secondary N) is 2. The summed E-state index contributed by atoms with van der Waals surface area (Å²) >= 11 is 0. The van der Waals surface area contributed by atoms with E-state index < -0.39 is 0 Å². The molecule has 1 aromatic rings. The molecule has 0 radical (unpaired) electrons. The second-order valence-corrected chi connectivity index (χ2v) is 5.34. The summed E-state index contributed by atoms with van der Waals surface area (Å²) in [6.45, 7) is 3.41. The molecule has 1 amide bonds. The van der Waals surface area contributed by atoms with Crippen molar-refractivity contribution in [3.8, 4) is 5.75 Å². The minimum absolute atomic E-state index is 0.00127. The van der Waals surface area contributed by atoms with Crippen molar-refractivity contribution in [3.05, 3.63) is 29.8 Å². The Hall–Kier alpha value is -1.55. The van der Waals surface area contributed by atoms with Crippen LogP contribution in [0.25, 0.3) is 0 Å². The highest BCUT2D eigenvalue weighted by Crippen LogP contribution is 2.28. The number of carbonyl (C=O) groups excluding carboxylic acids is 1. The molecule has 4 nitrogen and oxygen atoms in total. The highest BCUT2D eigenvalue weighted by atomic mass is 16.5. The molecule has 1 aliphatic rings. The second kappa shape index (κ2) is 7.29. The van der Waals surface area contributed by atoms with Gasteiger partial charge in [-0.15, -0.1) is 0 Å². The van der Waals surface area contributed by atoms with E-state index in [9.17, 15) is 4.79 Å². The summed E-state index contributed by atoms with van der Waals surface area (Å²) in [5.74, 6) is 1.66. The van der Waals surface area contributed by atoms with Gasteiger partial charge in [0, 0.05) is 5.56 Å². The molecule has 0 bridgehead atoms. The van der Waals surface area contributed by atoms with Crippen LogP contribution in [0.1, 0.15) is 37.8 Å². The molecule has 1 saturated carbocycles. The molecular weight excluding hydrogens is 252 g/mol. The van der Waals surface area contributed by atoms with E-state index >= 15 is 0 Å². The van der Waals surface area contributed by atoms with Gasteiger partial charge in [-0.1, -0.05) is 25.1 Å². The molecule has 0 heterocycles. The van der Waals surface area contributed by atoms with E-state index in [1.54, 1.807) is 7.11 Å². The lowest BCUT2D eigenvalue weighted by molar-refractivity contribution is -0.121. The molecule has 0 spiro atoms. The molecule has 0 aromatic heterocycles. The molecule has 0 saturated heterocycles. The number of amides is 1. The lowest BCUT2D eigenvalue weighted by Crippen LogP contribution is -2.36. The van der Waals surface area contributed by atoms with Crippen molar-refractivity contribution in [2.45, 2.75) is 32.2 Å². The normalized spacial score (nSPS) is 15.7. The Morgan fingerprint density at radius 3 is 2.80 bits per heavy atom. The Balaban J connectivity index is 1.88. The van der Waals surface area contributed by atoms with Gasteiger partial charge in [-0.05, 0) is 37.8 Å². The number of hydrogen-bond acceptors (Lipinski definition) is 3. The zero-order valence-corrected chi connectivity index (χ0v) is 12.3. The number of carbonyl (C=O) groups is 1. The minimum atomic E-state index is 0.00127. The summed E-state index contributed by atoms with van der Waals surface area (Å²) in [5.41, 5.74) is 1.04. The van der Waals surface area contributed by atoms with Crippen LogP contribution in [0.3, 0.4) is 0 Å². The van der Waals surface area contributed by atoms with Gasteiger partial charge in [0.2, 0.25) is 5.91 Å². The molecule has 1 unspecified atom stereocenters. The highest BCUT2D eigenvalue weighted by Gasteiger charge is 2.21. The Kier molecular flexibility index (Phi) is 5.41. The van der Waals surface area contributed by atoms with Crippen molar-refractivity contribution in [2.75, 3.05) is 20.2 Å². The number of para-hydroxylation sites is 1. The van der Waals surface area contributed by atoms with E-state index in [0.717, 1.165) is 30.2 Å². The van der Waals surface area contributed by atoms with Crippen molar-refractivity contribution >= 4 is 5.91 Å². The lowest BCUT2D eigenvalue weighted by atomic mass is 10.0. The first kappa shape index (κ1) is 14.9. The predicted molar refractivity (Wildman–Crippen MR) is 79.8 cm³/mol.